The number of hydrogen-bond donors (Lipinski definition) is 1. The number of anilines is 2. The predicted molar refractivity (Wildman–Crippen MR) is 89.9 cm³/mol. The molecule has 0 atom stereocenters. The highest BCUT2D eigenvalue weighted by Gasteiger charge is 2.18. The van der Waals surface area contributed by atoms with Crippen LogP contribution in [-0.2, 0) is 6.42 Å². The Balaban J connectivity index is 1.59. The Morgan fingerprint density at radius 2 is 1.86 bits per heavy atom. The highest BCUT2D eigenvalue weighted by molar-refractivity contribution is 5.66. The van der Waals surface area contributed by atoms with Gasteiger partial charge in [0.25, 0.3) is 0 Å². The van der Waals surface area contributed by atoms with Crippen molar-refractivity contribution in [2.24, 2.45) is 0 Å². The molecule has 22 heavy (non-hydrogen) atoms. The second-order valence-corrected chi connectivity index (χ2v) is 5.46. The largest absolute Gasteiger partial charge is 0.497 e. The zero-order chi connectivity index (χ0) is 15.4. The van der Waals surface area contributed by atoms with Gasteiger partial charge in [0, 0.05) is 17.9 Å². The first kappa shape index (κ1) is 14.6. The summed E-state index contributed by atoms with van der Waals surface area (Å²) in [5, 5.41) is 0. The van der Waals surface area contributed by atoms with Gasteiger partial charge in [-0.2, -0.15) is 0 Å². The van der Waals surface area contributed by atoms with E-state index in [-0.39, 0.29) is 0 Å². The number of fused-ring (bicyclic) bond motifs is 1. The van der Waals surface area contributed by atoms with Crippen molar-refractivity contribution in [1.82, 2.24) is 0 Å². The zero-order valence-corrected chi connectivity index (χ0v) is 12.9. The first-order valence-electron chi connectivity index (χ1n) is 7.67. The molecule has 4 nitrogen and oxygen atoms in total. The summed E-state index contributed by atoms with van der Waals surface area (Å²) in [5.41, 5.74) is 9.51. The van der Waals surface area contributed by atoms with Crippen LogP contribution in [0.1, 0.15) is 12.0 Å². The lowest BCUT2D eigenvalue weighted by atomic mass is 10.00. The van der Waals surface area contributed by atoms with Gasteiger partial charge in [-0.05, 0) is 54.8 Å². The molecular weight excluding hydrogens is 276 g/mol. The molecule has 0 aromatic heterocycles. The van der Waals surface area contributed by atoms with E-state index in [1.807, 2.05) is 36.4 Å². The summed E-state index contributed by atoms with van der Waals surface area (Å²) in [6, 6.07) is 13.8. The standard InChI is InChI=1S/C18H22N2O2/c1-21-14-7-9-15(10-8-14)22-13-12-20-11-3-4-16-17(19)5-2-6-18(16)20/h2,5-10H,3-4,11-13,19H2,1H3. The number of hydrogen-bond acceptors (Lipinski definition) is 4. The van der Waals surface area contributed by atoms with Gasteiger partial charge in [-0.25, -0.2) is 0 Å². The fourth-order valence-corrected chi connectivity index (χ4v) is 2.91. The van der Waals surface area contributed by atoms with E-state index >= 15 is 0 Å². The van der Waals surface area contributed by atoms with Crippen molar-refractivity contribution in [1.29, 1.82) is 0 Å². The lowest BCUT2D eigenvalue weighted by molar-refractivity contribution is 0.321. The summed E-state index contributed by atoms with van der Waals surface area (Å²) in [4.78, 5) is 2.36. The van der Waals surface area contributed by atoms with Gasteiger partial charge in [0.15, 0.2) is 0 Å². The fourth-order valence-electron chi connectivity index (χ4n) is 2.91. The van der Waals surface area contributed by atoms with E-state index in [9.17, 15) is 0 Å². The first-order valence-corrected chi connectivity index (χ1v) is 7.67. The van der Waals surface area contributed by atoms with Gasteiger partial charge in [0.05, 0.1) is 13.7 Å². The molecule has 1 aliphatic rings. The molecule has 1 heterocycles. The summed E-state index contributed by atoms with van der Waals surface area (Å²) in [7, 11) is 1.66. The maximum Gasteiger partial charge on any atom is 0.119 e. The normalized spacial score (nSPS) is 13.6. The van der Waals surface area contributed by atoms with E-state index in [4.69, 9.17) is 15.2 Å². The van der Waals surface area contributed by atoms with Crippen LogP contribution in [0.4, 0.5) is 11.4 Å². The molecule has 3 rings (SSSR count). The number of ether oxygens (including phenoxy) is 2. The van der Waals surface area contributed by atoms with Crippen LogP contribution in [0.5, 0.6) is 11.5 Å². The van der Waals surface area contributed by atoms with Crippen molar-refractivity contribution in [2.45, 2.75) is 12.8 Å². The van der Waals surface area contributed by atoms with E-state index in [2.05, 4.69) is 11.0 Å². The van der Waals surface area contributed by atoms with Gasteiger partial charge < -0.3 is 20.1 Å². The van der Waals surface area contributed by atoms with Crippen LogP contribution in [0.2, 0.25) is 0 Å². The van der Waals surface area contributed by atoms with Crippen LogP contribution in [0.15, 0.2) is 42.5 Å². The van der Waals surface area contributed by atoms with Crippen LogP contribution in [0.25, 0.3) is 0 Å². The maximum atomic E-state index is 6.08. The van der Waals surface area contributed by atoms with Crippen molar-refractivity contribution >= 4 is 11.4 Å². The molecule has 0 bridgehead atoms. The van der Waals surface area contributed by atoms with Gasteiger partial charge in [0.2, 0.25) is 0 Å². The maximum absolute atomic E-state index is 6.08. The Hall–Kier alpha value is -2.36. The monoisotopic (exact) mass is 298 g/mol. The predicted octanol–water partition coefficient (Wildman–Crippen LogP) is 3.11. The minimum absolute atomic E-state index is 0.653. The molecular formula is C18H22N2O2. The van der Waals surface area contributed by atoms with E-state index in [0.29, 0.717) is 6.61 Å². The average Bonchev–Trinajstić information content (AvgIpc) is 2.56. The molecule has 0 saturated heterocycles. The summed E-state index contributed by atoms with van der Waals surface area (Å²) in [5.74, 6) is 1.71. The fraction of sp³-hybridized carbons (Fsp3) is 0.333. The SMILES string of the molecule is COc1ccc(OCCN2CCCc3c(N)cccc32)cc1. The van der Waals surface area contributed by atoms with Crippen molar-refractivity contribution in [3.8, 4) is 11.5 Å². The van der Waals surface area contributed by atoms with E-state index in [0.717, 1.165) is 43.1 Å². The van der Waals surface area contributed by atoms with Crippen molar-refractivity contribution in [3.05, 3.63) is 48.0 Å². The van der Waals surface area contributed by atoms with Crippen LogP contribution in [0, 0.1) is 0 Å². The highest BCUT2D eigenvalue weighted by atomic mass is 16.5. The van der Waals surface area contributed by atoms with E-state index in [1.165, 1.54) is 11.3 Å². The molecule has 2 N–H and O–H groups in total. The Bertz CT molecular complexity index is 625. The van der Waals surface area contributed by atoms with Crippen molar-refractivity contribution in [2.75, 3.05) is 37.4 Å². The van der Waals surface area contributed by atoms with Crippen LogP contribution in [0.3, 0.4) is 0 Å². The molecule has 0 aliphatic carbocycles. The minimum Gasteiger partial charge on any atom is -0.497 e. The lowest BCUT2D eigenvalue weighted by Gasteiger charge is -2.31. The van der Waals surface area contributed by atoms with E-state index < -0.39 is 0 Å². The van der Waals surface area contributed by atoms with Gasteiger partial charge in [-0.1, -0.05) is 6.07 Å². The first-order chi connectivity index (χ1) is 10.8. The third kappa shape index (κ3) is 3.11. The summed E-state index contributed by atoms with van der Waals surface area (Å²) < 4.78 is 11.0. The molecule has 1 aliphatic heterocycles. The second kappa shape index (κ2) is 6.60. The van der Waals surface area contributed by atoms with Crippen molar-refractivity contribution in [3.63, 3.8) is 0 Å². The molecule has 4 heteroatoms. The highest BCUT2D eigenvalue weighted by Crippen LogP contribution is 2.31. The van der Waals surface area contributed by atoms with Crippen LogP contribution >= 0.6 is 0 Å². The minimum atomic E-state index is 0.653. The Morgan fingerprint density at radius 1 is 1.09 bits per heavy atom. The molecule has 116 valence electrons. The number of nitrogen functional groups attached to an aromatic ring is 1. The third-order valence-electron chi connectivity index (χ3n) is 4.07. The Morgan fingerprint density at radius 3 is 2.64 bits per heavy atom. The third-order valence-corrected chi connectivity index (χ3v) is 4.07. The molecule has 0 saturated carbocycles. The number of nitrogens with zero attached hydrogens (tertiary/aromatic N) is 1. The summed E-state index contributed by atoms with van der Waals surface area (Å²) in [6.45, 7) is 2.57. The molecule has 0 radical (unpaired) electrons. The smallest absolute Gasteiger partial charge is 0.119 e. The van der Waals surface area contributed by atoms with Crippen LogP contribution < -0.4 is 20.1 Å². The molecule has 2 aromatic rings. The molecule has 0 amide bonds. The van der Waals surface area contributed by atoms with Crippen molar-refractivity contribution < 1.29 is 9.47 Å². The summed E-state index contributed by atoms with van der Waals surface area (Å²) >= 11 is 0. The average molecular weight is 298 g/mol. The second-order valence-electron chi connectivity index (χ2n) is 5.46. The van der Waals surface area contributed by atoms with Gasteiger partial charge in [0.1, 0.15) is 18.1 Å². The number of rotatable bonds is 5. The topological polar surface area (TPSA) is 47.7 Å². The van der Waals surface area contributed by atoms with E-state index in [1.54, 1.807) is 7.11 Å². The number of benzene rings is 2. The lowest BCUT2D eigenvalue weighted by Crippen LogP contribution is -2.33. The number of nitrogens with two attached hydrogens (primary N) is 1. The van der Waals surface area contributed by atoms with Gasteiger partial charge in [-0.15, -0.1) is 0 Å². The molecule has 0 spiro atoms. The number of methoxy groups -OCH3 is 1. The zero-order valence-electron chi connectivity index (χ0n) is 12.9. The quantitative estimate of drug-likeness (QED) is 0.862. The Kier molecular flexibility index (Phi) is 4.37. The van der Waals surface area contributed by atoms with Gasteiger partial charge in [-0.3, -0.25) is 0 Å². The van der Waals surface area contributed by atoms with Gasteiger partial charge >= 0.3 is 0 Å². The van der Waals surface area contributed by atoms with Crippen LogP contribution in [-0.4, -0.2) is 26.8 Å². The summed E-state index contributed by atoms with van der Waals surface area (Å²) in [6.07, 6.45) is 2.21. The molecule has 2 aromatic carbocycles. The Labute approximate surface area is 131 Å². The molecule has 0 fully saturated rings. The molecule has 0 unspecified atom stereocenters.